The largest absolute Gasteiger partial charge is 0.436 e. The quantitative estimate of drug-likeness (QED) is 0.0366. The van der Waals surface area contributed by atoms with Crippen molar-refractivity contribution in [1.29, 1.82) is 0 Å². The molecule has 0 bridgehead atoms. The first-order valence-electron chi connectivity index (χ1n) is 13.8. The second-order valence-corrected chi connectivity index (χ2v) is 14.0. The number of esters is 2. The van der Waals surface area contributed by atoms with Crippen molar-refractivity contribution >= 4 is 29.7 Å². The van der Waals surface area contributed by atoms with Gasteiger partial charge in [-0.15, -0.1) is 0 Å². The fourth-order valence-corrected chi connectivity index (χ4v) is 7.41. The molecule has 0 heterocycles. The van der Waals surface area contributed by atoms with Crippen LogP contribution in [0.3, 0.4) is 0 Å². The number of rotatable bonds is 20. The summed E-state index contributed by atoms with van der Waals surface area (Å²) in [5.74, 6) is -1.35. The third-order valence-electron chi connectivity index (χ3n) is 5.73. The molecule has 1 N–H and O–H groups in total. The van der Waals surface area contributed by atoms with E-state index in [9.17, 15) is 27.1 Å². The lowest BCUT2D eigenvalue weighted by Gasteiger charge is -2.29. The average molecular weight is 609 g/mol. The highest BCUT2D eigenvalue weighted by Gasteiger charge is 2.47. The Morgan fingerprint density at radius 2 is 1.23 bits per heavy atom. The summed E-state index contributed by atoms with van der Waals surface area (Å²) >= 11 is 0. The van der Waals surface area contributed by atoms with Gasteiger partial charge in [-0.25, -0.2) is 0 Å². The molecule has 0 spiro atoms. The highest BCUT2D eigenvalue weighted by Crippen LogP contribution is 2.58. The van der Waals surface area contributed by atoms with E-state index in [0.29, 0.717) is 6.42 Å². The lowest BCUT2D eigenvalue weighted by Crippen LogP contribution is -2.29. The van der Waals surface area contributed by atoms with Crippen LogP contribution in [0.4, 0.5) is 0 Å². The summed E-state index contributed by atoms with van der Waals surface area (Å²) in [7, 11) is -9.68. The van der Waals surface area contributed by atoms with Crippen molar-refractivity contribution in [1.82, 2.24) is 0 Å². The summed E-state index contributed by atoms with van der Waals surface area (Å²) in [5, 5.41) is 0. The molecule has 0 amide bonds. The van der Waals surface area contributed by atoms with Gasteiger partial charge in [0.25, 0.3) is 10.1 Å². The standard InChI is InChI=1S/C28H49O10PS/c1-9-26(29)35-24(7)37-39(31,38-25(8)36-27(30)10-2)28(40(32,33)34)20-12-11-16-22(5)18-14-19-23(6)17-13-15-21(3)4/h15-16,19,24-25,28H,9-14,17-18,20H2,1-8H3,(H,32,33,34)/b22-16+,23-19+. The molecule has 0 aliphatic carbocycles. The van der Waals surface area contributed by atoms with Crippen molar-refractivity contribution in [3.8, 4) is 0 Å². The van der Waals surface area contributed by atoms with Gasteiger partial charge in [-0.2, -0.15) is 8.42 Å². The van der Waals surface area contributed by atoms with Gasteiger partial charge in [0.05, 0.1) is 0 Å². The van der Waals surface area contributed by atoms with Crippen LogP contribution in [0.1, 0.15) is 113 Å². The van der Waals surface area contributed by atoms with Gasteiger partial charge in [-0.1, -0.05) is 48.8 Å². The SMILES string of the molecule is CCC(=O)OC(C)OP(=O)(OC(C)OC(=O)CC)C(CCC/C=C(\C)CC/C=C(\C)CCC=C(C)C)S(=O)(=O)O. The minimum absolute atomic E-state index is 0.00203. The molecule has 10 nitrogen and oxygen atoms in total. The molecule has 3 atom stereocenters. The third kappa shape index (κ3) is 17.1. The Bertz CT molecular complexity index is 1010. The molecule has 0 fully saturated rings. The van der Waals surface area contributed by atoms with E-state index in [-0.39, 0.29) is 25.7 Å². The second-order valence-electron chi connectivity index (χ2n) is 9.93. The fraction of sp³-hybridized carbons (Fsp3) is 0.714. The first kappa shape index (κ1) is 38.2. The maximum atomic E-state index is 13.8. The number of carbonyl (C=O) groups is 2. The van der Waals surface area contributed by atoms with E-state index in [1.165, 1.54) is 38.8 Å². The van der Waals surface area contributed by atoms with Crippen LogP contribution in [-0.4, -0.2) is 42.5 Å². The predicted molar refractivity (Wildman–Crippen MR) is 156 cm³/mol. The molecule has 0 aliphatic heterocycles. The smallest absolute Gasteiger partial charge is 0.357 e. The number of hydrogen-bond acceptors (Lipinski definition) is 9. The lowest BCUT2D eigenvalue weighted by molar-refractivity contribution is -0.166. The molecule has 40 heavy (non-hydrogen) atoms. The third-order valence-corrected chi connectivity index (χ3v) is 10.4. The Balaban J connectivity index is 5.46. The Morgan fingerprint density at radius 1 is 0.800 bits per heavy atom. The van der Waals surface area contributed by atoms with Gasteiger partial charge in [-0.3, -0.25) is 27.8 Å². The highest BCUT2D eigenvalue weighted by atomic mass is 32.2. The number of allylic oxidation sites excluding steroid dienone is 6. The summed E-state index contributed by atoms with van der Waals surface area (Å²) in [5.41, 5.74) is 3.75. The zero-order valence-corrected chi connectivity index (χ0v) is 27.0. The van der Waals surface area contributed by atoms with E-state index in [2.05, 4.69) is 32.9 Å². The van der Waals surface area contributed by atoms with Gasteiger partial charge in [0.2, 0.25) is 12.6 Å². The Labute approximate surface area is 240 Å². The van der Waals surface area contributed by atoms with Crippen LogP contribution in [0.5, 0.6) is 0 Å². The Morgan fingerprint density at radius 3 is 1.62 bits per heavy atom. The van der Waals surface area contributed by atoms with Crippen molar-refractivity contribution < 1.29 is 45.6 Å². The maximum absolute atomic E-state index is 13.8. The lowest BCUT2D eigenvalue weighted by atomic mass is 10.1. The van der Waals surface area contributed by atoms with E-state index < -0.39 is 47.2 Å². The minimum atomic E-state index is -4.95. The van der Waals surface area contributed by atoms with E-state index in [1.807, 2.05) is 13.0 Å². The molecule has 0 saturated carbocycles. The molecule has 0 radical (unpaired) electrons. The number of hydrogen-bond donors (Lipinski definition) is 1. The van der Waals surface area contributed by atoms with Gasteiger partial charge in [-0.05, 0) is 86.5 Å². The molecule has 0 aromatic heterocycles. The van der Waals surface area contributed by atoms with Crippen molar-refractivity contribution in [2.24, 2.45) is 0 Å². The van der Waals surface area contributed by atoms with E-state index in [1.54, 1.807) is 0 Å². The molecule has 0 aromatic carbocycles. The van der Waals surface area contributed by atoms with Gasteiger partial charge in [0.15, 0.2) is 4.99 Å². The molecular weight excluding hydrogens is 559 g/mol. The highest BCUT2D eigenvalue weighted by molar-refractivity contribution is 7.94. The average Bonchev–Trinajstić information content (AvgIpc) is 2.81. The molecule has 0 rings (SSSR count). The molecule has 0 aliphatic rings. The van der Waals surface area contributed by atoms with E-state index in [0.717, 1.165) is 31.3 Å². The topological polar surface area (TPSA) is 142 Å². The molecular formula is C28H49O10PS. The summed E-state index contributed by atoms with van der Waals surface area (Å²) in [6, 6.07) is 0. The van der Waals surface area contributed by atoms with Crippen molar-refractivity contribution in [3.05, 3.63) is 34.9 Å². The van der Waals surface area contributed by atoms with Crippen molar-refractivity contribution in [2.75, 3.05) is 0 Å². The first-order chi connectivity index (χ1) is 18.5. The van der Waals surface area contributed by atoms with Crippen LogP contribution in [0, 0.1) is 0 Å². The first-order valence-corrected chi connectivity index (χ1v) is 16.9. The molecule has 0 saturated heterocycles. The minimum Gasteiger partial charge on any atom is -0.436 e. The molecule has 3 unspecified atom stereocenters. The second kappa shape index (κ2) is 19.4. The predicted octanol–water partition coefficient (Wildman–Crippen LogP) is 7.61. The van der Waals surface area contributed by atoms with Gasteiger partial charge in [0.1, 0.15) is 0 Å². The zero-order valence-electron chi connectivity index (χ0n) is 25.3. The molecule has 12 heteroatoms. The molecule has 232 valence electrons. The number of ether oxygens (including phenoxy) is 2. The summed E-state index contributed by atoms with van der Waals surface area (Å²) < 4.78 is 69.0. The zero-order chi connectivity index (χ0) is 30.9. The van der Waals surface area contributed by atoms with Crippen LogP contribution in [0.25, 0.3) is 0 Å². The summed E-state index contributed by atoms with van der Waals surface area (Å²) in [6.07, 6.45) is 7.70. The van der Waals surface area contributed by atoms with Crippen LogP contribution in [0.15, 0.2) is 34.9 Å². The van der Waals surface area contributed by atoms with Crippen LogP contribution in [-0.2, 0) is 42.8 Å². The van der Waals surface area contributed by atoms with Crippen LogP contribution in [0.2, 0.25) is 0 Å². The van der Waals surface area contributed by atoms with E-state index >= 15 is 0 Å². The van der Waals surface area contributed by atoms with Gasteiger partial charge >= 0.3 is 19.5 Å². The van der Waals surface area contributed by atoms with Crippen LogP contribution < -0.4 is 0 Å². The summed E-state index contributed by atoms with van der Waals surface area (Å²) in [6.45, 7) is 13.8. The molecule has 0 aromatic rings. The van der Waals surface area contributed by atoms with Crippen LogP contribution >= 0.6 is 7.60 Å². The monoisotopic (exact) mass is 608 g/mol. The fourth-order valence-electron chi connectivity index (χ4n) is 3.60. The number of carbonyl (C=O) groups excluding carboxylic acids is 2. The Hall–Kier alpha value is -1.78. The van der Waals surface area contributed by atoms with Gasteiger partial charge in [0, 0.05) is 12.8 Å². The van der Waals surface area contributed by atoms with Crippen molar-refractivity contribution in [3.63, 3.8) is 0 Å². The Kier molecular flexibility index (Phi) is 18.5. The summed E-state index contributed by atoms with van der Waals surface area (Å²) in [4.78, 5) is 21.3. The van der Waals surface area contributed by atoms with Crippen molar-refractivity contribution in [2.45, 2.75) is 131 Å². The number of unbranched alkanes of at least 4 members (excludes halogenated alkanes) is 1. The normalized spacial score (nSPS) is 16.4. The van der Waals surface area contributed by atoms with Gasteiger partial charge < -0.3 is 9.47 Å². The van der Waals surface area contributed by atoms with E-state index in [4.69, 9.17) is 18.5 Å². The maximum Gasteiger partial charge on any atom is 0.357 e.